The van der Waals surface area contributed by atoms with Crippen molar-refractivity contribution >= 4 is 29.4 Å². The highest BCUT2D eigenvalue weighted by molar-refractivity contribution is 6.29. The fraction of sp³-hybridized carbons (Fsp3) is 0.364. The maximum absolute atomic E-state index is 11.2. The summed E-state index contributed by atoms with van der Waals surface area (Å²) in [6.07, 6.45) is 0. The molecule has 3 N–H and O–H groups in total. The summed E-state index contributed by atoms with van der Waals surface area (Å²) >= 11 is 5.71. The van der Waals surface area contributed by atoms with Crippen LogP contribution in [-0.2, 0) is 0 Å². The molecule has 19 heavy (non-hydrogen) atoms. The van der Waals surface area contributed by atoms with Crippen molar-refractivity contribution in [3.63, 3.8) is 0 Å². The van der Waals surface area contributed by atoms with Crippen LogP contribution >= 0.6 is 11.6 Å². The van der Waals surface area contributed by atoms with Gasteiger partial charge >= 0.3 is 12.0 Å². The summed E-state index contributed by atoms with van der Waals surface area (Å²) in [6.45, 7) is 0.678. The molecule has 0 radical (unpaired) electrons. The molecule has 0 aliphatic rings. The second kappa shape index (κ2) is 6.79. The first-order chi connectivity index (χ1) is 8.91. The van der Waals surface area contributed by atoms with Gasteiger partial charge < -0.3 is 20.6 Å². The molecule has 8 heteroatoms. The van der Waals surface area contributed by atoms with Gasteiger partial charge in [0.2, 0.25) is 0 Å². The molecule has 104 valence electrons. The van der Waals surface area contributed by atoms with Crippen LogP contribution in [0.2, 0.25) is 5.15 Å². The van der Waals surface area contributed by atoms with Gasteiger partial charge in [0.15, 0.2) is 0 Å². The molecule has 1 aromatic heterocycles. The SMILES string of the molecule is CN(C)C(=O)NCCNc1nc(Cl)ccc1C(=O)O. The number of hydrogen-bond acceptors (Lipinski definition) is 4. The number of aromatic nitrogens is 1. The number of pyridine rings is 1. The van der Waals surface area contributed by atoms with Gasteiger partial charge in [0.25, 0.3) is 0 Å². The Balaban J connectivity index is 2.55. The summed E-state index contributed by atoms with van der Waals surface area (Å²) in [5, 5.41) is 14.6. The Kier molecular flexibility index (Phi) is 5.37. The number of hydrogen-bond donors (Lipinski definition) is 3. The molecule has 0 aromatic carbocycles. The smallest absolute Gasteiger partial charge is 0.339 e. The van der Waals surface area contributed by atoms with Crippen LogP contribution in [0.1, 0.15) is 10.4 Å². The van der Waals surface area contributed by atoms with Crippen LogP contribution < -0.4 is 10.6 Å². The number of aromatic carboxylic acids is 1. The summed E-state index contributed by atoms with van der Waals surface area (Å²) in [5.41, 5.74) is 0.0309. The minimum Gasteiger partial charge on any atom is -0.478 e. The second-order valence-corrected chi connectivity index (χ2v) is 4.28. The average molecular weight is 287 g/mol. The van der Waals surface area contributed by atoms with Crippen molar-refractivity contribution < 1.29 is 14.7 Å². The third-order valence-electron chi connectivity index (χ3n) is 2.19. The van der Waals surface area contributed by atoms with Crippen LogP contribution in [0.3, 0.4) is 0 Å². The van der Waals surface area contributed by atoms with Gasteiger partial charge in [-0.05, 0) is 12.1 Å². The van der Waals surface area contributed by atoms with Crippen molar-refractivity contribution in [1.29, 1.82) is 0 Å². The molecular weight excluding hydrogens is 272 g/mol. The van der Waals surface area contributed by atoms with Gasteiger partial charge in [-0.25, -0.2) is 14.6 Å². The fourth-order valence-electron chi connectivity index (χ4n) is 1.25. The molecule has 0 saturated heterocycles. The number of carbonyl (C=O) groups is 2. The highest BCUT2D eigenvalue weighted by atomic mass is 35.5. The lowest BCUT2D eigenvalue weighted by atomic mass is 10.2. The Labute approximate surface area is 115 Å². The van der Waals surface area contributed by atoms with Gasteiger partial charge in [0.1, 0.15) is 16.5 Å². The van der Waals surface area contributed by atoms with Gasteiger partial charge in [-0.3, -0.25) is 0 Å². The normalized spacial score (nSPS) is 9.84. The lowest BCUT2D eigenvalue weighted by molar-refractivity contribution is 0.0697. The molecule has 2 amide bonds. The van der Waals surface area contributed by atoms with Gasteiger partial charge in [0.05, 0.1) is 0 Å². The maximum Gasteiger partial charge on any atom is 0.339 e. The Hall–Kier alpha value is -2.02. The predicted octanol–water partition coefficient (Wildman–Crippen LogP) is 1.12. The average Bonchev–Trinajstić information content (AvgIpc) is 2.33. The number of halogens is 1. The van der Waals surface area contributed by atoms with E-state index in [1.165, 1.54) is 17.0 Å². The number of amides is 2. The van der Waals surface area contributed by atoms with E-state index in [0.29, 0.717) is 13.1 Å². The molecule has 7 nitrogen and oxygen atoms in total. The lowest BCUT2D eigenvalue weighted by Crippen LogP contribution is -2.37. The quantitative estimate of drug-likeness (QED) is 0.557. The first-order valence-electron chi connectivity index (χ1n) is 5.50. The highest BCUT2D eigenvalue weighted by Gasteiger charge is 2.11. The highest BCUT2D eigenvalue weighted by Crippen LogP contribution is 2.16. The van der Waals surface area contributed by atoms with Crippen LogP contribution in [-0.4, -0.2) is 54.2 Å². The Morgan fingerprint density at radius 1 is 1.37 bits per heavy atom. The van der Waals surface area contributed by atoms with E-state index in [1.807, 2.05) is 0 Å². The van der Waals surface area contributed by atoms with Crippen molar-refractivity contribution in [3.05, 3.63) is 22.8 Å². The summed E-state index contributed by atoms with van der Waals surface area (Å²) in [5.74, 6) is -0.914. The zero-order valence-corrected chi connectivity index (χ0v) is 11.4. The summed E-state index contributed by atoms with van der Waals surface area (Å²) in [6, 6.07) is 2.56. The van der Waals surface area contributed by atoms with E-state index in [1.54, 1.807) is 14.1 Å². The summed E-state index contributed by atoms with van der Waals surface area (Å²) in [7, 11) is 3.26. The number of carboxylic acid groups (broad SMARTS) is 1. The molecule has 0 atom stereocenters. The van der Waals surface area contributed by atoms with E-state index >= 15 is 0 Å². The van der Waals surface area contributed by atoms with Crippen molar-refractivity contribution in [2.45, 2.75) is 0 Å². The number of carboxylic acids is 1. The number of nitrogens with zero attached hydrogens (tertiary/aromatic N) is 2. The summed E-state index contributed by atoms with van der Waals surface area (Å²) < 4.78 is 0. The molecule has 0 aliphatic carbocycles. The van der Waals surface area contributed by atoms with E-state index in [2.05, 4.69) is 15.6 Å². The predicted molar refractivity (Wildman–Crippen MR) is 71.8 cm³/mol. The third kappa shape index (κ3) is 4.63. The monoisotopic (exact) mass is 286 g/mol. The van der Waals surface area contributed by atoms with E-state index in [4.69, 9.17) is 16.7 Å². The molecule has 0 bridgehead atoms. The Morgan fingerprint density at radius 2 is 2.05 bits per heavy atom. The van der Waals surface area contributed by atoms with Crippen molar-refractivity contribution in [1.82, 2.24) is 15.2 Å². The van der Waals surface area contributed by atoms with Crippen LogP contribution in [0.5, 0.6) is 0 Å². The first-order valence-corrected chi connectivity index (χ1v) is 5.88. The molecule has 0 unspecified atom stereocenters. The van der Waals surface area contributed by atoms with Crippen molar-refractivity contribution in [2.24, 2.45) is 0 Å². The van der Waals surface area contributed by atoms with Crippen molar-refractivity contribution in [2.75, 3.05) is 32.5 Å². The number of rotatable bonds is 5. The number of carbonyl (C=O) groups excluding carboxylic acids is 1. The molecular formula is C11H15ClN4O3. The van der Waals surface area contributed by atoms with Gasteiger partial charge in [-0.15, -0.1) is 0 Å². The number of urea groups is 1. The molecule has 0 saturated carbocycles. The van der Waals surface area contributed by atoms with Crippen LogP contribution in [0, 0.1) is 0 Å². The zero-order valence-electron chi connectivity index (χ0n) is 10.6. The van der Waals surface area contributed by atoms with E-state index in [-0.39, 0.29) is 22.6 Å². The van der Waals surface area contributed by atoms with Crippen molar-refractivity contribution in [3.8, 4) is 0 Å². The lowest BCUT2D eigenvalue weighted by Gasteiger charge is -2.13. The Bertz CT molecular complexity index is 479. The Morgan fingerprint density at radius 3 is 2.63 bits per heavy atom. The zero-order chi connectivity index (χ0) is 14.4. The van der Waals surface area contributed by atoms with E-state index in [0.717, 1.165) is 0 Å². The minimum atomic E-state index is -1.09. The third-order valence-corrected chi connectivity index (χ3v) is 2.40. The van der Waals surface area contributed by atoms with Gasteiger partial charge in [-0.1, -0.05) is 11.6 Å². The molecule has 0 aliphatic heterocycles. The number of nitrogens with one attached hydrogen (secondary N) is 2. The van der Waals surface area contributed by atoms with Gasteiger partial charge in [0, 0.05) is 27.2 Å². The van der Waals surface area contributed by atoms with Crippen LogP contribution in [0.15, 0.2) is 12.1 Å². The largest absolute Gasteiger partial charge is 0.478 e. The molecule has 0 spiro atoms. The topological polar surface area (TPSA) is 94.6 Å². The summed E-state index contributed by atoms with van der Waals surface area (Å²) in [4.78, 5) is 27.5. The maximum atomic E-state index is 11.2. The molecule has 1 rings (SSSR count). The van der Waals surface area contributed by atoms with E-state index in [9.17, 15) is 9.59 Å². The molecule has 0 fully saturated rings. The second-order valence-electron chi connectivity index (χ2n) is 3.89. The standard InChI is InChI=1S/C11H15ClN4O3/c1-16(2)11(19)14-6-5-13-9-7(10(17)18)3-4-8(12)15-9/h3-4H,5-6H2,1-2H3,(H,13,15)(H,14,19)(H,17,18). The molecule has 1 aromatic rings. The molecule has 1 heterocycles. The van der Waals surface area contributed by atoms with Crippen LogP contribution in [0.25, 0.3) is 0 Å². The van der Waals surface area contributed by atoms with Crippen LogP contribution in [0.4, 0.5) is 10.6 Å². The fourth-order valence-corrected chi connectivity index (χ4v) is 1.40. The first kappa shape index (κ1) is 15.0. The van der Waals surface area contributed by atoms with Gasteiger partial charge in [-0.2, -0.15) is 0 Å². The minimum absolute atomic E-state index is 0.0309. The number of anilines is 1. The van der Waals surface area contributed by atoms with E-state index < -0.39 is 5.97 Å².